The van der Waals surface area contributed by atoms with Gasteiger partial charge < -0.3 is 4.74 Å². The fourth-order valence-electron chi connectivity index (χ4n) is 2.50. The number of thiophene rings is 1. The van der Waals surface area contributed by atoms with Crippen molar-refractivity contribution in [3.63, 3.8) is 0 Å². The zero-order valence-corrected chi connectivity index (χ0v) is 16.1. The van der Waals surface area contributed by atoms with Crippen LogP contribution in [0.3, 0.4) is 0 Å². The summed E-state index contributed by atoms with van der Waals surface area (Å²) < 4.78 is 6.52. The Labute approximate surface area is 163 Å². The minimum absolute atomic E-state index is 0.110. The van der Waals surface area contributed by atoms with Crippen LogP contribution in [-0.2, 0) is 11.3 Å². The minimum atomic E-state index is -0.489. The zero-order chi connectivity index (χ0) is 18.8. The number of hydrogen-bond donors (Lipinski definition) is 0. The Balaban J connectivity index is 2.03. The first-order valence-corrected chi connectivity index (χ1v) is 9.20. The average molecular weight is 409 g/mol. The second kappa shape index (κ2) is 7.61. The summed E-state index contributed by atoms with van der Waals surface area (Å²) in [4.78, 5) is 30.2. The highest BCUT2D eigenvalue weighted by molar-refractivity contribution is 7.20. The van der Waals surface area contributed by atoms with Crippen LogP contribution in [0.25, 0.3) is 10.2 Å². The number of hydrogen-bond acceptors (Lipinski definition) is 5. The number of rotatable bonds is 5. The zero-order valence-electron chi connectivity index (χ0n) is 13.8. The number of fused-ring (bicyclic) bond motifs is 1. The number of esters is 1. The molecule has 1 aromatic carbocycles. The second-order valence-electron chi connectivity index (χ2n) is 5.54. The summed E-state index contributed by atoms with van der Waals surface area (Å²) in [5.41, 5.74) is 1.07. The fourth-order valence-corrected chi connectivity index (χ4v) is 4.00. The van der Waals surface area contributed by atoms with E-state index in [1.807, 2.05) is 0 Å². The molecule has 134 valence electrons. The van der Waals surface area contributed by atoms with Gasteiger partial charge in [0, 0.05) is 10.0 Å². The normalized spacial score (nSPS) is 10.9. The summed E-state index contributed by atoms with van der Waals surface area (Å²) in [5, 5.41) is 1.41. The first kappa shape index (κ1) is 18.6. The standard InChI is InChI=1S/C18H14Cl2N2O3S/c1-3-6-25-18(24)15-10(2)14-16(26-15)21-9-22(17(14)23)8-11-4-5-12(19)7-13(11)20/h3-5,7,9H,1,6,8H2,2H3. The number of nitrogens with zero attached hydrogens (tertiary/aromatic N) is 2. The van der Waals surface area contributed by atoms with E-state index in [-0.39, 0.29) is 18.7 Å². The van der Waals surface area contributed by atoms with E-state index in [9.17, 15) is 9.59 Å². The molecule has 0 saturated heterocycles. The smallest absolute Gasteiger partial charge is 0.348 e. The first-order valence-electron chi connectivity index (χ1n) is 7.63. The molecule has 5 nitrogen and oxygen atoms in total. The van der Waals surface area contributed by atoms with Crippen LogP contribution in [-0.4, -0.2) is 22.1 Å². The van der Waals surface area contributed by atoms with Gasteiger partial charge in [0.15, 0.2) is 0 Å². The Kier molecular flexibility index (Phi) is 5.46. The Bertz CT molecular complexity index is 1070. The van der Waals surface area contributed by atoms with Crippen LogP contribution in [0.4, 0.5) is 0 Å². The molecule has 0 fully saturated rings. The van der Waals surface area contributed by atoms with Crippen LogP contribution in [0, 0.1) is 6.92 Å². The van der Waals surface area contributed by atoms with E-state index in [0.717, 1.165) is 16.9 Å². The highest BCUT2D eigenvalue weighted by Gasteiger charge is 2.20. The SMILES string of the molecule is C=CCOC(=O)c1sc2ncn(Cc3ccc(Cl)cc3Cl)c(=O)c2c1C. The van der Waals surface area contributed by atoms with Crippen molar-refractivity contribution in [1.82, 2.24) is 9.55 Å². The van der Waals surface area contributed by atoms with E-state index in [1.165, 1.54) is 17.0 Å². The molecule has 8 heteroatoms. The molecule has 2 heterocycles. The van der Waals surface area contributed by atoms with Gasteiger partial charge in [0.2, 0.25) is 0 Å². The fraction of sp³-hybridized carbons (Fsp3) is 0.167. The Hall–Kier alpha value is -2.15. The molecular formula is C18H14Cl2N2O3S. The van der Waals surface area contributed by atoms with Crippen LogP contribution in [0.2, 0.25) is 10.0 Å². The predicted octanol–water partition coefficient (Wildman–Crippen LogP) is 4.46. The van der Waals surface area contributed by atoms with Crippen LogP contribution in [0.15, 0.2) is 42.0 Å². The molecule has 0 radical (unpaired) electrons. The number of carbonyl (C=O) groups excluding carboxylic acids is 1. The first-order chi connectivity index (χ1) is 12.4. The quantitative estimate of drug-likeness (QED) is 0.461. The molecule has 3 rings (SSSR count). The average Bonchev–Trinajstić information content (AvgIpc) is 2.95. The summed E-state index contributed by atoms with van der Waals surface area (Å²) in [5.74, 6) is -0.489. The minimum Gasteiger partial charge on any atom is -0.457 e. The molecule has 0 saturated carbocycles. The van der Waals surface area contributed by atoms with E-state index in [0.29, 0.717) is 30.7 Å². The van der Waals surface area contributed by atoms with Crippen molar-refractivity contribution in [3.05, 3.63) is 73.6 Å². The lowest BCUT2D eigenvalue weighted by Crippen LogP contribution is -2.21. The molecule has 0 aliphatic carbocycles. The largest absolute Gasteiger partial charge is 0.457 e. The predicted molar refractivity (Wildman–Crippen MR) is 105 cm³/mol. The molecule has 0 atom stereocenters. The molecule has 0 N–H and O–H groups in total. The van der Waals surface area contributed by atoms with Gasteiger partial charge in [0.25, 0.3) is 5.56 Å². The molecular weight excluding hydrogens is 395 g/mol. The van der Waals surface area contributed by atoms with E-state index in [2.05, 4.69) is 11.6 Å². The van der Waals surface area contributed by atoms with Crippen LogP contribution >= 0.6 is 34.5 Å². The van der Waals surface area contributed by atoms with Gasteiger partial charge in [-0.3, -0.25) is 9.36 Å². The van der Waals surface area contributed by atoms with Crippen molar-refractivity contribution in [2.24, 2.45) is 0 Å². The summed E-state index contributed by atoms with van der Waals surface area (Å²) >= 11 is 13.2. The van der Waals surface area contributed by atoms with E-state index >= 15 is 0 Å². The van der Waals surface area contributed by atoms with Gasteiger partial charge in [-0.15, -0.1) is 11.3 Å². The number of carbonyl (C=O) groups is 1. The third-order valence-electron chi connectivity index (χ3n) is 3.79. The van der Waals surface area contributed by atoms with E-state index < -0.39 is 5.97 Å². The van der Waals surface area contributed by atoms with Gasteiger partial charge in [-0.25, -0.2) is 9.78 Å². The summed E-state index contributed by atoms with van der Waals surface area (Å²) in [7, 11) is 0. The topological polar surface area (TPSA) is 61.2 Å². The summed E-state index contributed by atoms with van der Waals surface area (Å²) in [6, 6.07) is 5.10. The van der Waals surface area contributed by atoms with Crippen LogP contribution in [0.5, 0.6) is 0 Å². The van der Waals surface area contributed by atoms with Crippen molar-refractivity contribution in [2.45, 2.75) is 13.5 Å². The van der Waals surface area contributed by atoms with Gasteiger partial charge in [-0.2, -0.15) is 0 Å². The Morgan fingerprint density at radius 3 is 2.88 bits per heavy atom. The molecule has 0 amide bonds. The van der Waals surface area contributed by atoms with E-state index in [4.69, 9.17) is 27.9 Å². The lowest BCUT2D eigenvalue weighted by atomic mass is 10.2. The number of benzene rings is 1. The van der Waals surface area contributed by atoms with Crippen molar-refractivity contribution >= 4 is 50.7 Å². The highest BCUT2D eigenvalue weighted by Crippen LogP contribution is 2.28. The van der Waals surface area contributed by atoms with Crippen LogP contribution < -0.4 is 5.56 Å². The third kappa shape index (κ3) is 3.53. The van der Waals surface area contributed by atoms with Gasteiger partial charge in [-0.05, 0) is 30.2 Å². The molecule has 0 aliphatic heterocycles. The van der Waals surface area contributed by atoms with Crippen LogP contribution in [0.1, 0.15) is 20.8 Å². The van der Waals surface area contributed by atoms with Gasteiger partial charge in [-0.1, -0.05) is 41.9 Å². The third-order valence-corrected chi connectivity index (χ3v) is 5.56. The lowest BCUT2D eigenvalue weighted by molar-refractivity contribution is 0.0555. The number of halogens is 2. The molecule has 3 aromatic rings. The molecule has 2 aromatic heterocycles. The molecule has 26 heavy (non-hydrogen) atoms. The maximum Gasteiger partial charge on any atom is 0.348 e. The maximum atomic E-state index is 12.9. The van der Waals surface area contributed by atoms with Crippen molar-refractivity contribution in [3.8, 4) is 0 Å². The molecule has 0 aliphatic rings. The van der Waals surface area contributed by atoms with Gasteiger partial charge >= 0.3 is 5.97 Å². The number of aryl methyl sites for hydroxylation is 1. The number of ether oxygens (including phenoxy) is 1. The monoisotopic (exact) mass is 408 g/mol. The second-order valence-corrected chi connectivity index (χ2v) is 7.38. The number of aromatic nitrogens is 2. The lowest BCUT2D eigenvalue weighted by Gasteiger charge is -2.08. The van der Waals surface area contributed by atoms with E-state index in [1.54, 1.807) is 25.1 Å². The van der Waals surface area contributed by atoms with Crippen molar-refractivity contribution in [2.75, 3.05) is 6.61 Å². The van der Waals surface area contributed by atoms with Crippen molar-refractivity contribution in [1.29, 1.82) is 0 Å². The maximum absolute atomic E-state index is 12.9. The summed E-state index contributed by atoms with van der Waals surface area (Å²) in [6.45, 7) is 5.59. The Morgan fingerprint density at radius 2 is 2.19 bits per heavy atom. The summed E-state index contributed by atoms with van der Waals surface area (Å²) in [6.07, 6.45) is 2.94. The van der Waals surface area contributed by atoms with Gasteiger partial charge in [0.05, 0.1) is 18.3 Å². The molecule has 0 unspecified atom stereocenters. The molecule has 0 spiro atoms. The van der Waals surface area contributed by atoms with Gasteiger partial charge in [0.1, 0.15) is 16.3 Å². The Morgan fingerprint density at radius 1 is 1.42 bits per heavy atom. The van der Waals surface area contributed by atoms with Crippen molar-refractivity contribution < 1.29 is 9.53 Å². The highest BCUT2D eigenvalue weighted by atomic mass is 35.5. The molecule has 0 bridgehead atoms.